The van der Waals surface area contributed by atoms with Crippen LogP contribution in [0.5, 0.6) is 0 Å². The normalized spacial score (nSPS) is 11.9. The summed E-state index contributed by atoms with van der Waals surface area (Å²) in [4.78, 5) is 32.7. The Bertz CT molecular complexity index is 1150. The van der Waals surface area contributed by atoms with Crippen molar-refractivity contribution in [1.82, 2.24) is 15.3 Å². The van der Waals surface area contributed by atoms with Gasteiger partial charge in [0.2, 0.25) is 11.8 Å². The van der Waals surface area contributed by atoms with Gasteiger partial charge < -0.3 is 15.1 Å². The number of carbonyl (C=O) groups is 2. The van der Waals surface area contributed by atoms with E-state index in [9.17, 15) is 9.59 Å². The fraction of sp³-hybridized carbons (Fsp3) is 0.143. The first-order valence-electron chi connectivity index (χ1n) is 8.99. The van der Waals surface area contributed by atoms with Crippen LogP contribution in [0.4, 0.5) is 5.69 Å². The molecule has 1 atom stereocenters. The minimum absolute atomic E-state index is 0.141. The maximum absolute atomic E-state index is 12.6. The molecule has 146 valence electrons. The molecule has 0 spiro atoms. The van der Waals surface area contributed by atoms with Crippen LogP contribution in [0.25, 0.3) is 10.2 Å². The van der Waals surface area contributed by atoms with Gasteiger partial charge in [-0.05, 0) is 23.8 Å². The van der Waals surface area contributed by atoms with Gasteiger partial charge in [0, 0.05) is 19.0 Å². The molecule has 2 heterocycles. The van der Waals surface area contributed by atoms with E-state index in [1.54, 1.807) is 11.6 Å². The fourth-order valence-electron chi connectivity index (χ4n) is 2.98. The summed E-state index contributed by atoms with van der Waals surface area (Å²) >= 11 is 1.54. The highest BCUT2D eigenvalue weighted by Gasteiger charge is 2.21. The van der Waals surface area contributed by atoms with Crippen LogP contribution in [0, 0.1) is 0 Å². The second-order valence-electron chi connectivity index (χ2n) is 6.50. The molecule has 0 aliphatic heterocycles. The summed E-state index contributed by atoms with van der Waals surface area (Å²) in [5.74, 6) is -0.313. The number of hydrogen-bond acceptors (Lipinski definition) is 6. The van der Waals surface area contributed by atoms with Gasteiger partial charge in [0.1, 0.15) is 12.3 Å². The lowest BCUT2D eigenvalue weighted by atomic mass is 10.1. The Labute approximate surface area is 170 Å². The van der Waals surface area contributed by atoms with Crippen LogP contribution >= 0.6 is 11.3 Å². The Morgan fingerprint density at radius 1 is 1.17 bits per heavy atom. The number of thiazole rings is 1. The number of anilines is 1. The predicted molar refractivity (Wildman–Crippen MR) is 111 cm³/mol. The second-order valence-corrected chi connectivity index (χ2v) is 7.39. The van der Waals surface area contributed by atoms with Crippen LogP contribution in [0.3, 0.4) is 0 Å². The van der Waals surface area contributed by atoms with Gasteiger partial charge in [0.05, 0.1) is 15.7 Å². The van der Waals surface area contributed by atoms with Gasteiger partial charge in [-0.25, -0.2) is 9.97 Å². The van der Waals surface area contributed by atoms with E-state index in [4.69, 9.17) is 4.42 Å². The smallest absolute Gasteiger partial charge is 0.277 e. The zero-order valence-corrected chi connectivity index (χ0v) is 16.4. The monoisotopic (exact) mass is 406 g/mol. The highest BCUT2D eigenvalue weighted by atomic mass is 32.1. The average molecular weight is 406 g/mol. The van der Waals surface area contributed by atoms with Crippen LogP contribution in [0.2, 0.25) is 0 Å². The molecule has 0 fully saturated rings. The zero-order valence-electron chi connectivity index (χ0n) is 15.6. The summed E-state index contributed by atoms with van der Waals surface area (Å²) in [5.41, 5.74) is 4.37. The van der Waals surface area contributed by atoms with Crippen molar-refractivity contribution >= 4 is 39.1 Å². The molecule has 2 amide bonds. The number of amides is 2. The lowest BCUT2D eigenvalue weighted by Crippen LogP contribution is -2.28. The predicted octanol–water partition coefficient (Wildman–Crippen LogP) is 3.96. The maximum atomic E-state index is 12.6. The molecule has 0 unspecified atom stereocenters. The first-order valence-corrected chi connectivity index (χ1v) is 9.87. The summed E-state index contributed by atoms with van der Waals surface area (Å²) in [6, 6.07) is 14.7. The van der Waals surface area contributed by atoms with E-state index in [2.05, 4.69) is 20.6 Å². The van der Waals surface area contributed by atoms with E-state index in [-0.39, 0.29) is 17.5 Å². The number of fused-ring (bicyclic) bond motifs is 1. The summed E-state index contributed by atoms with van der Waals surface area (Å²) in [7, 11) is 0. The van der Waals surface area contributed by atoms with Crippen LogP contribution in [-0.4, -0.2) is 21.8 Å². The van der Waals surface area contributed by atoms with E-state index in [1.165, 1.54) is 24.5 Å². The molecule has 2 N–H and O–H groups in total. The molecule has 0 bridgehead atoms. The van der Waals surface area contributed by atoms with Gasteiger partial charge >= 0.3 is 0 Å². The Kier molecular flexibility index (Phi) is 5.35. The molecule has 0 saturated carbocycles. The van der Waals surface area contributed by atoms with Crippen molar-refractivity contribution < 1.29 is 14.0 Å². The van der Waals surface area contributed by atoms with Gasteiger partial charge in [-0.15, -0.1) is 11.3 Å². The number of rotatable bonds is 6. The molecule has 29 heavy (non-hydrogen) atoms. The van der Waals surface area contributed by atoms with Crippen molar-refractivity contribution in [3.8, 4) is 0 Å². The summed E-state index contributed by atoms with van der Waals surface area (Å²) in [5, 5.41) is 5.63. The topological polar surface area (TPSA) is 97.1 Å². The van der Waals surface area contributed by atoms with Gasteiger partial charge in [0.25, 0.3) is 5.91 Å². The van der Waals surface area contributed by atoms with Crippen molar-refractivity contribution in [3.05, 3.63) is 77.5 Å². The maximum Gasteiger partial charge on any atom is 0.277 e. The molecule has 4 aromatic rings. The third-order valence-electron chi connectivity index (χ3n) is 4.30. The summed E-state index contributed by atoms with van der Waals surface area (Å²) < 4.78 is 6.57. The quantitative estimate of drug-likeness (QED) is 0.505. The minimum Gasteiger partial charge on any atom is -0.446 e. The minimum atomic E-state index is -0.470. The molecular formula is C21H18N4O3S. The Balaban J connectivity index is 1.51. The number of aromatic nitrogens is 2. The molecule has 0 radical (unpaired) electrons. The number of nitrogens with zero attached hydrogens (tertiary/aromatic N) is 2. The Morgan fingerprint density at radius 2 is 2.00 bits per heavy atom. The molecule has 0 aliphatic carbocycles. The molecule has 0 aliphatic rings. The standard InChI is InChI=1S/C21H18N4O3S/c1-13(26)23-17(9-14-5-3-2-4-6-14)21-25-18(11-28-21)20(27)24-15-7-8-19-16(10-15)22-12-29-19/h2-8,10-12,17H,9H2,1H3,(H,23,26)(H,24,27)/t17-/m1/s1. The molecule has 8 heteroatoms. The largest absolute Gasteiger partial charge is 0.446 e. The van der Waals surface area contributed by atoms with Crippen molar-refractivity contribution in [1.29, 1.82) is 0 Å². The van der Waals surface area contributed by atoms with Crippen molar-refractivity contribution in [3.63, 3.8) is 0 Å². The molecule has 0 saturated heterocycles. The first kappa shape index (κ1) is 18.8. The molecular weight excluding hydrogens is 388 g/mol. The Morgan fingerprint density at radius 3 is 2.79 bits per heavy atom. The molecule has 7 nitrogen and oxygen atoms in total. The van der Waals surface area contributed by atoms with E-state index >= 15 is 0 Å². The zero-order chi connectivity index (χ0) is 20.2. The van der Waals surface area contributed by atoms with Crippen molar-refractivity contribution in [2.24, 2.45) is 0 Å². The average Bonchev–Trinajstić information content (AvgIpc) is 3.37. The Hall–Kier alpha value is -3.52. The first-order chi connectivity index (χ1) is 14.1. The fourth-order valence-corrected chi connectivity index (χ4v) is 3.64. The number of carbonyl (C=O) groups excluding carboxylic acids is 2. The van der Waals surface area contributed by atoms with E-state index < -0.39 is 11.9 Å². The van der Waals surface area contributed by atoms with E-state index in [1.807, 2.05) is 42.5 Å². The third kappa shape index (κ3) is 4.49. The number of benzene rings is 2. The lowest BCUT2D eigenvalue weighted by Gasteiger charge is -2.14. The van der Waals surface area contributed by atoms with Crippen molar-refractivity contribution in [2.45, 2.75) is 19.4 Å². The third-order valence-corrected chi connectivity index (χ3v) is 5.11. The van der Waals surface area contributed by atoms with E-state index in [0.29, 0.717) is 12.1 Å². The molecule has 2 aromatic heterocycles. The van der Waals surface area contributed by atoms with Crippen LogP contribution in [0.15, 0.2) is 64.7 Å². The van der Waals surface area contributed by atoms with Gasteiger partial charge in [-0.2, -0.15) is 0 Å². The summed E-state index contributed by atoms with van der Waals surface area (Å²) in [6.07, 6.45) is 1.80. The highest BCUT2D eigenvalue weighted by molar-refractivity contribution is 7.16. The number of nitrogens with one attached hydrogen (secondary N) is 2. The lowest BCUT2D eigenvalue weighted by molar-refractivity contribution is -0.119. The second kappa shape index (κ2) is 8.24. The molecule has 2 aromatic carbocycles. The van der Waals surface area contributed by atoms with Crippen LogP contribution in [0.1, 0.15) is 34.9 Å². The van der Waals surface area contributed by atoms with Gasteiger partial charge in [0.15, 0.2) is 5.69 Å². The highest BCUT2D eigenvalue weighted by Crippen LogP contribution is 2.22. The van der Waals surface area contributed by atoms with E-state index in [0.717, 1.165) is 15.8 Å². The molecule has 4 rings (SSSR count). The number of hydrogen-bond donors (Lipinski definition) is 2. The summed E-state index contributed by atoms with van der Waals surface area (Å²) in [6.45, 7) is 1.43. The van der Waals surface area contributed by atoms with Gasteiger partial charge in [-0.1, -0.05) is 30.3 Å². The van der Waals surface area contributed by atoms with Crippen molar-refractivity contribution in [2.75, 3.05) is 5.32 Å². The SMILES string of the molecule is CC(=O)N[C@H](Cc1ccccc1)c1nc(C(=O)Nc2ccc3scnc3c2)co1. The van der Waals surface area contributed by atoms with Gasteiger partial charge in [-0.3, -0.25) is 9.59 Å². The number of oxazole rings is 1. The van der Waals surface area contributed by atoms with Crippen LogP contribution in [-0.2, 0) is 11.2 Å². The van der Waals surface area contributed by atoms with Crippen LogP contribution < -0.4 is 10.6 Å².